The van der Waals surface area contributed by atoms with Gasteiger partial charge in [0.1, 0.15) is 5.54 Å². The van der Waals surface area contributed by atoms with E-state index in [0.29, 0.717) is 13.0 Å². The highest BCUT2D eigenvalue weighted by atomic mass is 16.4. The van der Waals surface area contributed by atoms with E-state index in [1.807, 2.05) is 0 Å². The third-order valence-electron chi connectivity index (χ3n) is 2.26. The third-order valence-corrected chi connectivity index (χ3v) is 2.26. The van der Waals surface area contributed by atoms with Gasteiger partial charge in [0, 0.05) is 11.5 Å². The van der Waals surface area contributed by atoms with Gasteiger partial charge in [-0.05, 0) is 25.3 Å². The molecule has 0 aliphatic carbocycles. The number of carboxylic acid groups (broad SMARTS) is 1. The van der Waals surface area contributed by atoms with Gasteiger partial charge in [0.15, 0.2) is 0 Å². The molecule has 0 heterocycles. The normalized spacial score (nSPS) is 14.0. The van der Waals surface area contributed by atoms with Crippen LogP contribution in [0.1, 0.15) is 39.0 Å². The predicted molar refractivity (Wildman–Crippen MR) is 57.3 cm³/mol. The van der Waals surface area contributed by atoms with E-state index in [1.54, 1.807) is 0 Å². The summed E-state index contributed by atoms with van der Waals surface area (Å²) in [4.78, 5) is 13.3. The first-order valence-corrected chi connectivity index (χ1v) is 5.04. The molecule has 15 heavy (non-hydrogen) atoms. The average molecular weight is 214 g/mol. The molecule has 6 nitrogen and oxygen atoms in total. The van der Waals surface area contributed by atoms with Gasteiger partial charge in [-0.25, -0.2) is 0 Å². The van der Waals surface area contributed by atoms with Gasteiger partial charge in [0.05, 0.1) is 0 Å². The first-order chi connectivity index (χ1) is 7.00. The van der Waals surface area contributed by atoms with E-state index in [2.05, 4.69) is 10.0 Å². The molecule has 0 radical (unpaired) electrons. The maximum atomic E-state index is 10.6. The number of carbonyl (C=O) groups is 1. The lowest BCUT2D eigenvalue weighted by atomic mass is 9.95. The number of hydrogen-bond acceptors (Lipinski definition) is 3. The number of nitrogens with zero attached hydrogens (tertiary/aromatic N) is 3. The first-order valence-electron chi connectivity index (χ1n) is 5.04. The molecule has 0 amide bonds. The molecule has 86 valence electrons. The number of nitrogens with two attached hydrogens (primary N) is 1. The second kappa shape index (κ2) is 7.09. The standard InChI is InChI=1S/C9H18N4O2/c1-9(10,8(14)15)6-4-2-3-5-7-12-13-11/h2-7,10H2,1H3,(H,14,15). The molecule has 1 unspecified atom stereocenters. The number of carboxylic acids is 1. The molecule has 6 heteroatoms. The van der Waals surface area contributed by atoms with Crippen LogP contribution < -0.4 is 5.73 Å². The fraction of sp³-hybridized carbons (Fsp3) is 0.889. The molecule has 0 saturated carbocycles. The highest BCUT2D eigenvalue weighted by molar-refractivity contribution is 5.77. The van der Waals surface area contributed by atoms with Crippen LogP contribution in [-0.2, 0) is 4.79 Å². The van der Waals surface area contributed by atoms with Gasteiger partial charge in [-0.1, -0.05) is 24.4 Å². The van der Waals surface area contributed by atoms with Crippen LogP contribution in [0.25, 0.3) is 10.4 Å². The Morgan fingerprint density at radius 2 is 2.07 bits per heavy atom. The second-order valence-electron chi connectivity index (χ2n) is 3.84. The van der Waals surface area contributed by atoms with Crippen LogP contribution in [0.3, 0.4) is 0 Å². The van der Waals surface area contributed by atoms with E-state index in [0.717, 1.165) is 25.7 Å². The lowest BCUT2D eigenvalue weighted by Crippen LogP contribution is -2.44. The van der Waals surface area contributed by atoms with Crippen LogP contribution in [-0.4, -0.2) is 23.2 Å². The van der Waals surface area contributed by atoms with Gasteiger partial charge in [0.25, 0.3) is 0 Å². The zero-order chi connectivity index (χ0) is 11.7. The van der Waals surface area contributed by atoms with Crippen LogP contribution in [0.5, 0.6) is 0 Å². The Hall–Kier alpha value is -1.26. The highest BCUT2D eigenvalue weighted by Crippen LogP contribution is 2.12. The van der Waals surface area contributed by atoms with Crippen molar-refractivity contribution < 1.29 is 9.90 Å². The van der Waals surface area contributed by atoms with Crippen LogP contribution in [0.15, 0.2) is 5.11 Å². The Balaban J connectivity index is 3.46. The lowest BCUT2D eigenvalue weighted by Gasteiger charge is -2.18. The molecule has 3 N–H and O–H groups in total. The van der Waals surface area contributed by atoms with E-state index < -0.39 is 11.5 Å². The summed E-state index contributed by atoms with van der Waals surface area (Å²) < 4.78 is 0. The SMILES string of the molecule is CC(N)(CCCCCCN=[N+]=[N-])C(=O)O. The molecule has 1 atom stereocenters. The Kier molecular flexibility index (Phi) is 6.49. The average Bonchev–Trinajstić information content (AvgIpc) is 2.16. The van der Waals surface area contributed by atoms with Crippen LogP contribution in [0, 0.1) is 0 Å². The molecule has 0 saturated heterocycles. The summed E-state index contributed by atoms with van der Waals surface area (Å²) in [5, 5.41) is 12.1. The summed E-state index contributed by atoms with van der Waals surface area (Å²) in [5.74, 6) is -0.961. The Morgan fingerprint density at radius 3 is 2.60 bits per heavy atom. The van der Waals surface area contributed by atoms with Crippen LogP contribution >= 0.6 is 0 Å². The molecule has 0 aromatic rings. The number of aliphatic carboxylic acids is 1. The van der Waals surface area contributed by atoms with E-state index in [4.69, 9.17) is 16.4 Å². The van der Waals surface area contributed by atoms with Crippen LogP contribution in [0.2, 0.25) is 0 Å². The molecule has 0 bridgehead atoms. The third kappa shape index (κ3) is 6.76. The van der Waals surface area contributed by atoms with Crippen LogP contribution in [0.4, 0.5) is 0 Å². The Morgan fingerprint density at radius 1 is 1.47 bits per heavy atom. The summed E-state index contributed by atoms with van der Waals surface area (Å²) in [7, 11) is 0. The fourth-order valence-corrected chi connectivity index (χ4v) is 1.18. The summed E-state index contributed by atoms with van der Waals surface area (Å²) in [5.41, 5.74) is 12.4. The minimum atomic E-state index is -1.12. The number of unbranched alkanes of at least 4 members (excludes halogenated alkanes) is 3. The van der Waals surface area contributed by atoms with E-state index in [-0.39, 0.29) is 0 Å². The minimum absolute atomic E-state index is 0.476. The summed E-state index contributed by atoms with van der Waals surface area (Å²) in [6.45, 7) is 2.03. The molecule has 0 aliphatic rings. The van der Waals surface area contributed by atoms with E-state index >= 15 is 0 Å². The monoisotopic (exact) mass is 214 g/mol. The van der Waals surface area contributed by atoms with Crippen molar-refractivity contribution in [2.45, 2.75) is 44.6 Å². The topological polar surface area (TPSA) is 112 Å². The van der Waals surface area contributed by atoms with Gasteiger partial charge >= 0.3 is 5.97 Å². The zero-order valence-corrected chi connectivity index (χ0v) is 9.02. The van der Waals surface area contributed by atoms with Gasteiger partial charge in [-0.15, -0.1) is 0 Å². The summed E-state index contributed by atoms with van der Waals surface area (Å²) >= 11 is 0. The number of azide groups is 1. The predicted octanol–water partition coefficient (Wildman–Crippen LogP) is 2.05. The molecule has 0 fully saturated rings. The molecule has 0 aromatic carbocycles. The maximum Gasteiger partial charge on any atom is 0.323 e. The van der Waals surface area contributed by atoms with E-state index in [1.165, 1.54) is 6.92 Å². The molecule has 0 spiro atoms. The van der Waals surface area contributed by atoms with E-state index in [9.17, 15) is 4.79 Å². The number of rotatable bonds is 8. The summed E-state index contributed by atoms with van der Waals surface area (Å²) in [6, 6.07) is 0. The smallest absolute Gasteiger partial charge is 0.323 e. The Labute approximate surface area is 89.1 Å². The largest absolute Gasteiger partial charge is 0.480 e. The quantitative estimate of drug-likeness (QED) is 0.279. The van der Waals surface area contributed by atoms with Crippen molar-refractivity contribution in [3.05, 3.63) is 10.4 Å². The van der Waals surface area contributed by atoms with Gasteiger partial charge in [-0.2, -0.15) is 0 Å². The second-order valence-corrected chi connectivity index (χ2v) is 3.84. The van der Waals surface area contributed by atoms with Gasteiger partial charge < -0.3 is 10.8 Å². The first kappa shape index (κ1) is 13.7. The molecular formula is C9H18N4O2. The van der Waals surface area contributed by atoms with Crippen molar-refractivity contribution in [1.29, 1.82) is 0 Å². The van der Waals surface area contributed by atoms with Crippen molar-refractivity contribution in [1.82, 2.24) is 0 Å². The molecule has 0 aliphatic heterocycles. The van der Waals surface area contributed by atoms with Crippen molar-refractivity contribution in [2.24, 2.45) is 10.8 Å². The lowest BCUT2D eigenvalue weighted by molar-refractivity contribution is -0.142. The minimum Gasteiger partial charge on any atom is -0.480 e. The van der Waals surface area contributed by atoms with Crippen molar-refractivity contribution in [3.63, 3.8) is 0 Å². The molecular weight excluding hydrogens is 196 g/mol. The van der Waals surface area contributed by atoms with Crippen molar-refractivity contribution in [3.8, 4) is 0 Å². The van der Waals surface area contributed by atoms with Crippen molar-refractivity contribution >= 4 is 5.97 Å². The zero-order valence-electron chi connectivity index (χ0n) is 9.02. The highest BCUT2D eigenvalue weighted by Gasteiger charge is 2.26. The van der Waals surface area contributed by atoms with Gasteiger partial charge in [-0.3, -0.25) is 4.79 Å². The summed E-state index contributed by atoms with van der Waals surface area (Å²) in [6.07, 6.45) is 3.97. The van der Waals surface area contributed by atoms with Gasteiger partial charge in [0.2, 0.25) is 0 Å². The maximum absolute atomic E-state index is 10.6. The number of hydrogen-bond donors (Lipinski definition) is 2. The van der Waals surface area contributed by atoms with Crippen molar-refractivity contribution in [2.75, 3.05) is 6.54 Å². The Bertz CT molecular complexity index is 246. The fourth-order valence-electron chi connectivity index (χ4n) is 1.18. The molecule has 0 aromatic heterocycles. The molecule has 0 rings (SSSR count).